The molecule has 3 rings (SSSR count). The maximum absolute atomic E-state index is 13.0. The third-order valence-electron chi connectivity index (χ3n) is 4.57. The number of carbonyl (C=O) groups is 1. The number of hydrogen-bond donors (Lipinski definition) is 1. The molecule has 0 spiro atoms. The molecule has 0 saturated carbocycles. The molecule has 1 aromatic carbocycles. The molecule has 1 N–H and O–H groups in total. The van der Waals surface area contributed by atoms with E-state index in [1.807, 2.05) is 5.38 Å². The second-order valence-corrected chi connectivity index (χ2v) is 9.60. The monoisotopic (exact) mass is 411 g/mol. The largest absolute Gasteiger partial charge is 0.355 e. The molecule has 1 amide bonds. The van der Waals surface area contributed by atoms with Crippen molar-refractivity contribution in [3.63, 3.8) is 0 Å². The van der Waals surface area contributed by atoms with E-state index in [2.05, 4.69) is 15.2 Å². The number of amides is 1. The molecule has 1 fully saturated rings. The van der Waals surface area contributed by atoms with Gasteiger partial charge in [-0.05, 0) is 44.0 Å². The van der Waals surface area contributed by atoms with Crippen molar-refractivity contribution in [3.8, 4) is 0 Å². The van der Waals surface area contributed by atoms with Gasteiger partial charge in [0.25, 0.3) is 0 Å². The van der Waals surface area contributed by atoms with E-state index >= 15 is 0 Å². The van der Waals surface area contributed by atoms with Crippen LogP contribution in [0.25, 0.3) is 0 Å². The Balaban J connectivity index is 1.53. The maximum atomic E-state index is 13.0. The lowest BCUT2D eigenvalue weighted by atomic mass is 10.3. The molecule has 27 heavy (non-hydrogen) atoms. The van der Waals surface area contributed by atoms with E-state index in [1.165, 1.54) is 31.9 Å². The van der Waals surface area contributed by atoms with Crippen molar-refractivity contribution in [2.45, 2.75) is 36.3 Å². The summed E-state index contributed by atoms with van der Waals surface area (Å²) in [5.41, 5.74) is 0.885. The van der Waals surface area contributed by atoms with E-state index in [4.69, 9.17) is 0 Å². The van der Waals surface area contributed by atoms with Crippen molar-refractivity contribution < 1.29 is 17.6 Å². The van der Waals surface area contributed by atoms with Gasteiger partial charge in [-0.1, -0.05) is 0 Å². The zero-order chi connectivity index (χ0) is 19.4. The molecule has 1 aliphatic rings. The van der Waals surface area contributed by atoms with Crippen LogP contribution < -0.4 is 10.2 Å². The molecule has 6 nitrogen and oxygen atoms in total. The van der Waals surface area contributed by atoms with Crippen LogP contribution in [0.2, 0.25) is 0 Å². The summed E-state index contributed by atoms with van der Waals surface area (Å²) in [6.45, 7) is 3.71. The fourth-order valence-corrected chi connectivity index (χ4v) is 5.09. The van der Waals surface area contributed by atoms with Crippen LogP contribution in [0.3, 0.4) is 0 Å². The van der Waals surface area contributed by atoms with Gasteiger partial charge >= 0.3 is 0 Å². The van der Waals surface area contributed by atoms with Crippen LogP contribution in [0.5, 0.6) is 0 Å². The number of rotatable bonds is 7. The summed E-state index contributed by atoms with van der Waals surface area (Å²) in [5.74, 6) is -1.10. The number of halogens is 1. The second-order valence-electron chi connectivity index (χ2n) is 6.50. The van der Waals surface area contributed by atoms with Gasteiger partial charge in [-0.15, -0.1) is 11.3 Å². The first kappa shape index (κ1) is 19.8. The van der Waals surface area contributed by atoms with Crippen molar-refractivity contribution in [2.75, 3.05) is 24.5 Å². The first-order valence-electron chi connectivity index (χ1n) is 8.84. The molecule has 2 heterocycles. The summed E-state index contributed by atoms with van der Waals surface area (Å²) >= 11 is 1.59. The molecule has 1 aromatic heterocycles. The summed E-state index contributed by atoms with van der Waals surface area (Å²) < 4.78 is 37.9. The zero-order valence-corrected chi connectivity index (χ0v) is 16.7. The molecular formula is C18H22FN3O3S2. The Hall–Kier alpha value is -2.00. The fraction of sp³-hybridized carbons (Fsp3) is 0.444. The molecule has 1 saturated heterocycles. The number of benzene rings is 1. The molecular weight excluding hydrogens is 389 g/mol. The standard InChI is InChI=1S/C18H22FN3O3S2/c1-13(27(24,25)16-6-4-14(19)5-7-16)17(23)20-9-8-15-12-26-18(21-15)22-10-2-3-11-22/h4-7,12-13H,2-3,8-11H2,1H3,(H,20,23). The number of nitrogens with zero attached hydrogens (tertiary/aromatic N) is 2. The van der Waals surface area contributed by atoms with Crippen LogP contribution >= 0.6 is 11.3 Å². The smallest absolute Gasteiger partial charge is 0.238 e. The Bertz CT molecular complexity index is 891. The molecule has 146 valence electrons. The number of thiazole rings is 1. The molecule has 0 radical (unpaired) electrons. The van der Waals surface area contributed by atoms with E-state index in [9.17, 15) is 17.6 Å². The van der Waals surface area contributed by atoms with Crippen LogP contribution in [0.4, 0.5) is 9.52 Å². The number of hydrogen-bond acceptors (Lipinski definition) is 6. The van der Waals surface area contributed by atoms with Gasteiger partial charge < -0.3 is 10.2 Å². The maximum Gasteiger partial charge on any atom is 0.238 e. The Morgan fingerprint density at radius 3 is 2.63 bits per heavy atom. The molecule has 2 aromatic rings. The van der Waals surface area contributed by atoms with Gasteiger partial charge in [0.05, 0.1) is 10.6 Å². The topological polar surface area (TPSA) is 79.4 Å². The van der Waals surface area contributed by atoms with Crippen molar-refractivity contribution >= 4 is 32.2 Å². The minimum absolute atomic E-state index is 0.0682. The fourth-order valence-electron chi connectivity index (χ4n) is 2.89. The number of anilines is 1. The predicted molar refractivity (Wildman–Crippen MR) is 103 cm³/mol. The molecule has 1 atom stereocenters. The lowest BCUT2D eigenvalue weighted by molar-refractivity contribution is -0.120. The summed E-state index contributed by atoms with van der Waals surface area (Å²) in [6.07, 6.45) is 2.91. The van der Waals surface area contributed by atoms with E-state index in [0.29, 0.717) is 13.0 Å². The summed E-state index contributed by atoms with van der Waals surface area (Å²) in [4.78, 5) is 19.0. The van der Waals surface area contributed by atoms with Crippen LogP contribution in [0, 0.1) is 5.82 Å². The Labute approximate surface area is 162 Å². The number of carbonyl (C=O) groups excluding carboxylic acids is 1. The average molecular weight is 412 g/mol. The van der Waals surface area contributed by atoms with Gasteiger partial charge in [-0.3, -0.25) is 4.79 Å². The number of aromatic nitrogens is 1. The summed E-state index contributed by atoms with van der Waals surface area (Å²) in [7, 11) is -3.86. The molecule has 0 bridgehead atoms. The van der Waals surface area contributed by atoms with Gasteiger partial charge in [0.1, 0.15) is 11.1 Å². The molecule has 0 aliphatic carbocycles. The predicted octanol–water partition coefficient (Wildman–Crippen LogP) is 2.40. The first-order chi connectivity index (χ1) is 12.9. The number of nitrogens with one attached hydrogen (secondary N) is 1. The highest BCUT2D eigenvalue weighted by Gasteiger charge is 2.29. The van der Waals surface area contributed by atoms with Crippen molar-refractivity contribution in [1.82, 2.24) is 10.3 Å². The lowest BCUT2D eigenvalue weighted by Crippen LogP contribution is -2.38. The molecule has 9 heteroatoms. The first-order valence-corrected chi connectivity index (χ1v) is 11.3. The van der Waals surface area contributed by atoms with Crippen molar-refractivity contribution in [3.05, 3.63) is 41.2 Å². The van der Waals surface area contributed by atoms with E-state index < -0.39 is 26.8 Å². The minimum atomic E-state index is -3.86. The van der Waals surface area contributed by atoms with Crippen LogP contribution in [-0.2, 0) is 21.1 Å². The average Bonchev–Trinajstić information content (AvgIpc) is 3.33. The van der Waals surface area contributed by atoms with Crippen LogP contribution in [0.15, 0.2) is 34.5 Å². The summed E-state index contributed by atoms with van der Waals surface area (Å²) in [6, 6.07) is 4.47. The van der Waals surface area contributed by atoms with Gasteiger partial charge in [-0.25, -0.2) is 17.8 Å². The highest BCUT2D eigenvalue weighted by molar-refractivity contribution is 7.92. The third-order valence-corrected chi connectivity index (χ3v) is 7.60. The normalized spacial score (nSPS) is 15.7. The highest BCUT2D eigenvalue weighted by Crippen LogP contribution is 2.24. The Morgan fingerprint density at radius 1 is 1.30 bits per heavy atom. The number of sulfone groups is 1. The van der Waals surface area contributed by atoms with Crippen LogP contribution in [-0.4, -0.2) is 44.2 Å². The minimum Gasteiger partial charge on any atom is -0.355 e. The van der Waals surface area contributed by atoms with Gasteiger partial charge in [0.2, 0.25) is 5.91 Å². The van der Waals surface area contributed by atoms with Crippen molar-refractivity contribution in [2.24, 2.45) is 0 Å². The summed E-state index contributed by atoms with van der Waals surface area (Å²) in [5, 5.41) is 4.38. The zero-order valence-electron chi connectivity index (χ0n) is 15.0. The molecule has 1 aliphatic heterocycles. The van der Waals surface area contributed by atoms with Gasteiger partial charge in [0, 0.05) is 31.4 Å². The Kier molecular flexibility index (Phi) is 6.11. The quantitative estimate of drug-likeness (QED) is 0.708. The van der Waals surface area contributed by atoms with Crippen molar-refractivity contribution in [1.29, 1.82) is 0 Å². The third kappa shape index (κ3) is 4.65. The highest BCUT2D eigenvalue weighted by atomic mass is 32.2. The van der Waals surface area contributed by atoms with Gasteiger partial charge in [-0.2, -0.15) is 0 Å². The van der Waals surface area contributed by atoms with E-state index in [-0.39, 0.29) is 4.90 Å². The molecule has 1 unspecified atom stereocenters. The Morgan fingerprint density at radius 2 is 1.96 bits per heavy atom. The lowest BCUT2D eigenvalue weighted by Gasteiger charge is -2.13. The SMILES string of the molecule is CC(C(=O)NCCc1csc(N2CCCC2)n1)S(=O)(=O)c1ccc(F)cc1. The van der Waals surface area contributed by atoms with Gasteiger partial charge in [0.15, 0.2) is 15.0 Å². The van der Waals surface area contributed by atoms with E-state index in [1.54, 1.807) is 11.3 Å². The van der Waals surface area contributed by atoms with Crippen LogP contribution in [0.1, 0.15) is 25.5 Å². The second kappa shape index (κ2) is 8.35. The van der Waals surface area contributed by atoms with E-state index in [0.717, 1.165) is 36.0 Å².